The SMILES string of the molecule is Cc1nc(SCC(=O)Nc2c(C)cccc2[N+](=O)[O-])c2ccccc2n1. The normalized spacial score (nSPS) is 10.7. The molecule has 1 heterocycles. The van der Waals surface area contributed by atoms with Gasteiger partial charge in [-0.2, -0.15) is 0 Å². The number of carbonyl (C=O) groups excluding carboxylic acids is 1. The Morgan fingerprint density at radius 2 is 1.92 bits per heavy atom. The van der Waals surface area contributed by atoms with E-state index >= 15 is 0 Å². The van der Waals surface area contributed by atoms with E-state index in [-0.39, 0.29) is 23.0 Å². The third kappa shape index (κ3) is 3.80. The molecule has 8 heteroatoms. The first-order valence-electron chi connectivity index (χ1n) is 7.86. The van der Waals surface area contributed by atoms with Crippen molar-refractivity contribution < 1.29 is 9.72 Å². The molecule has 132 valence electrons. The van der Waals surface area contributed by atoms with Crippen molar-refractivity contribution >= 4 is 39.9 Å². The van der Waals surface area contributed by atoms with Gasteiger partial charge < -0.3 is 5.32 Å². The summed E-state index contributed by atoms with van der Waals surface area (Å²) < 4.78 is 0. The average molecular weight is 368 g/mol. The lowest BCUT2D eigenvalue weighted by atomic mass is 10.1. The minimum absolute atomic E-state index is 0.0892. The lowest BCUT2D eigenvalue weighted by molar-refractivity contribution is -0.384. The maximum Gasteiger partial charge on any atom is 0.293 e. The highest BCUT2D eigenvalue weighted by Gasteiger charge is 2.18. The zero-order valence-electron chi connectivity index (χ0n) is 14.2. The van der Waals surface area contributed by atoms with Gasteiger partial charge in [0.05, 0.1) is 16.2 Å². The van der Waals surface area contributed by atoms with Crippen molar-refractivity contribution in [2.24, 2.45) is 0 Å². The van der Waals surface area contributed by atoms with E-state index in [1.165, 1.54) is 17.8 Å². The van der Waals surface area contributed by atoms with E-state index < -0.39 is 4.92 Å². The predicted molar refractivity (Wildman–Crippen MR) is 101 cm³/mol. The number of nitro groups is 1. The summed E-state index contributed by atoms with van der Waals surface area (Å²) in [4.78, 5) is 31.8. The molecule has 2 aromatic carbocycles. The van der Waals surface area contributed by atoms with Crippen LogP contribution in [0.2, 0.25) is 0 Å². The average Bonchev–Trinajstić information content (AvgIpc) is 2.61. The minimum atomic E-state index is -0.503. The molecule has 3 rings (SSSR count). The van der Waals surface area contributed by atoms with Gasteiger partial charge in [0.1, 0.15) is 16.5 Å². The van der Waals surface area contributed by atoms with Crippen molar-refractivity contribution in [2.45, 2.75) is 18.9 Å². The fourth-order valence-corrected chi connectivity index (χ4v) is 3.41. The van der Waals surface area contributed by atoms with Crippen molar-refractivity contribution in [3.8, 4) is 0 Å². The van der Waals surface area contributed by atoms with Crippen LogP contribution in [0.15, 0.2) is 47.5 Å². The number of thioether (sulfide) groups is 1. The smallest absolute Gasteiger partial charge is 0.293 e. The molecular formula is C18H16N4O3S. The first-order valence-corrected chi connectivity index (χ1v) is 8.84. The lowest BCUT2D eigenvalue weighted by Gasteiger charge is -2.09. The molecule has 1 N–H and O–H groups in total. The van der Waals surface area contributed by atoms with Gasteiger partial charge in [-0.1, -0.05) is 42.1 Å². The van der Waals surface area contributed by atoms with Gasteiger partial charge in [-0.25, -0.2) is 9.97 Å². The Hall–Kier alpha value is -3.00. The minimum Gasteiger partial charge on any atom is -0.319 e. The maximum absolute atomic E-state index is 12.3. The van der Waals surface area contributed by atoms with Crippen LogP contribution < -0.4 is 5.32 Å². The summed E-state index contributed by atoms with van der Waals surface area (Å²) in [5, 5.41) is 15.4. The number of nitrogens with one attached hydrogen (secondary N) is 1. The Kier molecular flexibility index (Phi) is 5.13. The van der Waals surface area contributed by atoms with Crippen LogP contribution in [0, 0.1) is 24.0 Å². The van der Waals surface area contributed by atoms with Crippen LogP contribution >= 0.6 is 11.8 Å². The van der Waals surface area contributed by atoms with Gasteiger partial charge in [-0.3, -0.25) is 14.9 Å². The van der Waals surface area contributed by atoms with E-state index in [0.29, 0.717) is 16.4 Å². The highest BCUT2D eigenvalue weighted by Crippen LogP contribution is 2.29. The largest absolute Gasteiger partial charge is 0.319 e. The van der Waals surface area contributed by atoms with Crippen LogP contribution in [-0.2, 0) is 4.79 Å². The van der Waals surface area contributed by atoms with E-state index in [9.17, 15) is 14.9 Å². The summed E-state index contributed by atoms with van der Waals surface area (Å²) in [6, 6.07) is 12.3. The molecule has 0 bridgehead atoms. The maximum atomic E-state index is 12.3. The summed E-state index contributed by atoms with van der Waals surface area (Å²) in [6.07, 6.45) is 0. The van der Waals surface area contributed by atoms with Crippen molar-refractivity contribution in [1.29, 1.82) is 0 Å². The lowest BCUT2D eigenvalue weighted by Crippen LogP contribution is -2.16. The number of rotatable bonds is 5. The number of nitro benzene ring substituents is 1. The number of carbonyl (C=O) groups is 1. The van der Waals surface area contributed by atoms with Crippen LogP contribution in [0.4, 0.5) is 11.4 Å². The number of hydrogen-bond acceptors (Lipinski definition) is 6. The second-order valence-corrected chi connectivity index (χ2v) is 6.62. The molecule has 7 nitrogen and oxygen atoms in total. The molecule has 0 atom stereocenters. The first kappa shape index (κ1) is 17.8. The van der Waals surface area contributed by atoms with Crippen LogP contribution in [0.3, 0.4) is 0 Å². The van der Waals surface area contributed by atoms with Gasteiger partial charge in [0, 0.05) is 11.5 Å². The highest BCUT2D eigenvalue weighted by molar-refractivity contribution is 8.00. The standard InChI is InChI=1S/C18H16N4O3S/c1-11-6-5-9-15(22(24)25)17(11)21-16(23)10-26-18-13-7-3-4-8-14(13)19-12(2)20-18/h3-9H,10H2,1-2H3,(H,21,23). The van der Waals surface area contributed by atoms with E-state index in [1.807, 2.05) is 24.3 Å². The second-order valence-electron chi connectivity index (χ2n) is 5.66. The number of amides is 1. The molecule has 0 spiro atoms. The van der Waals surface area contributed by atoms with Gasteiger partial charge in [-0.15, -0.1) is 0 Å². The Morgan fingerprint density at radius 3 is 2.69 bits per heavy atom. The van der Waals surface area contributed by atoms with Crippen LogP contribution in [0.1, 0.15) is 11.4 Å². The molecule has 26 heavy (non-hydrogen) atoms. The summed E-state index contributed by atoms with van der Waals surface area (Å²) in [5.41, 5.74) is 1.57. The molecule has 0 aliphatic heterocycles. The van der Waals surface area contributed by atoms with Crippen molar-refractivity contribution in [3.05, 3.63) is 64.0 Å². The van der Waals surface area contributed by atoms with Crippen LogP contribution in [0.5, 0.6) is 0 Å². The molecule has 0 unspecified atom stereocenters. The molecule has 0 saturated carbocycles. The number of hydrogen-bond donors (Lipinski definition) is 1. The molecular weight excluding hydrogens is 352 g/mol. The van der Waals surface area contributed by atoms with Crippen molar-refractivity contribution in [2.75, 3.05) is 11.1 Å². The zero-order valence-corrected chi connectivity index (χ0v) is 15.0. The summed E-state index contributed by atoms with van der Waals surface area (Å²) in [5.74, 6) is 0.389. The van der Waals surface area contributed by atoms with Crippen LogP contribution in [0.25, 0.3) is 10.9 Å². The van der Waals surface area contributed by atoms with E-state index in [1.54, 1.807) is 26.0 Å². The van der Waals surface area contributed by atoms with Gasteiger partial charge in [0.15, 0.2) is 0 Å². The number of para-hydroxylation sites is 2. The Bertz CT molecular complexity index is 1010. The topological polar surface area (TPSA) is 98.0 Å². The van der Waals surface area contributed by atoms with Crippen molar-refractivity contribution in [3.63, 3.8) is 0 Å². The van der Waals surface area contributed by atoms with Crippen molar-refractivity contribution in [1.82, 2.24) is 9.97 Å². The molecule has 3 aromatic rings. The molecule has 0 aliphatic carbocycles. The van der Waals surface area contributed by atoms with Gasteiger partial charge >= 0.3 is 0 Å². The van der Waals surface area contributed by atoms with Gasteiger partial charge in [0.25, 0.3) is 5.69 Å². The molecule has 0 aliphatic rings. The fraction of sp³-hybridized carbons (Fsp3) is 0.167. The molecule has 1 aromatic heterocycles. The summed E-state index contributed by atoms with van der Waals surface area (Å²) in [7, 11) is 0. The molecule has 0 fully saturated rings. The Balaban J connectivity index is 1.78. The Labute approximate surface area is 154 Å². The van der Waals surface area contributed by atoms with E-state index in [2.05, 4.69) is 15.3 Å². The predicted octanol–water partition coefficient (Wildman–Crippen LogP) is 3.89. The number of aromatic nitrogens is 2. The number of aryl methyl sites for hydroxylation is 2. The number of anilines is 1. The number of fused-ring (bicyclic) bond motifs is 1. The first-order chi connectivity index (χ1) is 12.5. The van der Waals surface area contributed by atoms with Crippen LogP contribution in [-0.4, -0.2) is 26.6 Å². The highest BCUT2D eigenvalue weighted by atomic mass is 32.2. The fourth-order valence-electron chi connectivity index (χ4n) is 2.54. The van der Waals surface area contributed by atoms with E-state index in [4.69, 9.17) is 0 Å². The quantitative estimate of drug-likeness (QED) is 0.317. The van der Waals surface area contributed by atoms with E-state index in [0.717, 1.165) is 10.9 Å². The monoisotopic (exact) mass is 368 g/mol. The third-order valence-electron chi connectivity index (χ3n) is 3.73. The number of benzene rings is 2. The zero-order chi connectivity index (χ0) is 18.7. The summed E-state index contributed by atoms with van der Waals surface area (Å²) >= 11 is 1.28. The molecule has 0 saturated heterocycles. The Morgan fingerprint density at radius 1 is 1.15 bits per heavy atom. The van der Waals surface area contributed by atoms with Gasteiger partial charge in [0.2, 0.25) is 5.91 Å². The third-order valence-corrected chi connectivity index (χ3v) is 4.72. The molecule has 0 radical (unpaired) electrons. The second kappa shape index (κ2) is 7.49. The molecule has 1 amide bonds. The summed E-state index contributed by atoms with van der Waals surface area (Å²) in [6.45, 7) is 3.52. The van der Waals surface area contributed by atoms with Gasteiger partial charge in [-0.05, 0) is 25.5 Å². The number of nitrogens with zero attached hydrogens (tertiary/aromatic N) is 3.